The number of likely N-dealkylation sites (tertiary alicyclic amines) is 1. The van der Waals surface area contributed by atoms with Gasteiger partial charge < -0.3 is 10.2 Å². The molecule has 0 amide bonds. The topological polar surface area (TPSA) is 43.7 Å². The highest BCUT2D eigenvalue weighted by Gasteiger charge is 2.21. The van der Waals surface area contributed by atoms with Gasteiger partial charge in [0.1, 0.15) is 6.61 Å². The molecule has 1 heterocycles. The van der Waals surface area contributed by atoms with Crippen LogP contribution in [0.1, 0.15) is 17.5 Å². The van der Waals surface area contributed by atoms with Crippen molar-refractivity contribution in [1.82, 2.24) is 4.90 Å². The highest BCUT2D eigenvalue weighted by molar-refractivity contribution is 5.41. The summed E-state index contributed by atoms with van der Waals surface area (Å²) in [5, 5.41) is 17.9. The number of benzene rings is 1. The van der Waals surface area contributed by atoms with Gasteiger partial charge in [-0.1, -0.05) is 30.0 Å². The van der Waals surface area contributed by atoms with Crippen LogP contribution in [0.3, 0.4) is 0 Å². The maximum absolute atomic E-state index is 9.14. The van der Waals surface area contributed by atoms with Gasteiger partial charge in [0.25, 0.3) is 0 Å². The molecule has 96 valence electrons. The third-order valence-electron chi connectivity index (χ3n) is 3.34. The van der Waals surface area contributed by atoms with Crippen LogP contribution in [0.25, 0.3) is 0 Å². The van der Waals surface area contributed by atoms with Gasteiger partial charge in [-0.05, 0) is 30.5 Å². The predicted molar refractivity (Wildman–Crippen MR) is 70.9 cm³/mol. The summed E-state index contributed by atoms with van der Waals surface area (Å²) >= 11 is 0. The molecule has 3 nitrogen and oxygen atoms in total. The van der Waals surface area contributed by atoms with Crippen LogP contribution < -0.4 is 0 Å². The van der Waals surface area contributed by atoms with E-state index >= 15 is 0 Å². The first kappa shape index (κ1) is 13.1. The quantitative estimate of drug-likeness (QED) is 0.776. The number of aliphatic hydroxyl groups excluding tert-OH is 2. The molecule has 0 aliphatic carbocycles. The third kappa shape index (κ3) is 3.33. The Bertz CT molecular complexity index is 447. The minimum atomic E-state index is -0.107. The number of nitrogens with zero attached hydrogens (tertiary/aromatic N) is 1. The fourth-order valence-corrected chi connectivity index (χ4v) is 2.36. The van der Waals surface area contributed by atoms with E-state index in [0.717, 1.165) is 31.6 Å². The summed E-state index contributed by atoms with van der Waals surface area (Å²) in [6.07, 6.45) is 1.07. The van der Waals surface area contributed by atoms with Gasteiger partial charge in [-0.25, -0.2) is 0 Å². The van der Waals surface area contributed by atoms with E-state index in [1.807, 2.05) is 18.2 Å². The molecule has 1 saturated heterocycles. The van der Waals surface area contributed by atoms with Crippen molar-refractivity contribution in [3.05, 3.63) is 35.4 Å². The van der Waals surface area contributed by atoms with E-state index in [1.165, 1.54) is 5.56 Å². The zero-order valence-electron chi connectivity index (χ0n) is 10.5. The Morgan fingerprint density at radius 2 is 2.11 bits per heavy atom. The second kappa shape index (κ2) is 6.55. The van der Waals surface area contributed by atoms with E-state index in [1.54, 1.807) is 0 Å². The largest absolute Gasteiger partial charge is 0.396 e. The lowest BCUT2D eigenvalue weighted by Crippen LogP contribution is -2.21. The molecule has 0 saturated carbocycles. The Labute approximate surface area is 108 Å². The van der Waals surface area contributed by atoms with Crippen molar-refractivity contribution in [1.29, 1.82) is 0 Å². The van der Waals surface area contributed by atoms with E-state index in [-0.39, 0.29) is 13.2 Å². The van der Waals surface area contributed by atoms with Crippen LogP contribution in [0, 0.1) is 17.8 Å². The fourth-order valence-electron chi connectivity index (χ4n) is 2.36. The van der Waals surface area contributed by atoms with Crippen molar-refractivity contribution in [3.63, 3.8) is 0 Å². The summed E-state index contributed by atoms with van der Waals surface area (Å²) in [6.45, 7) is 3.03. The summed E-state index contributed by atoms with van der Waals surface area (Å²) < 4.78 is 0. The van der Waals surface area contributed by atoms with Crippen LogP contribution in [0.15, 0.2) is 24.3 Å². The first-order chi connectivity index (χ1) is 8.83. The zero-order chi connectivity index (χ0) is 12.8. The molecule has 1 aromatic carbocycles. The fraction of sp³-hybridized carbons (Fsp3) is 0.467. The molecule has 0 spiro atoms. The summed E-state index contributed by atoms with van der Waals surface area (Å²) in [7, 11) is 0. The maximum atomic E-state index is 9.14. The predicted octanol–water partition coefficient (Wildman–Crippen LogP) is 0.845. The summed E-state index contributed by atoms with van der Waals surface area (Å²) in [5.74, 6) is 6.10. The molecule has 1 atom stereocenters. The van der Waals surface area contributed by atoms with Gasteiger partial charge in [0.15, 0.2) is 0 Å². The van der Waals surface area contributed by atoms with Crippen LogP contribution in [-0.4, -0.2) is 41.4 Å². The Kier molecular flexibility index (Phi) is 4.77. The standard InChI is InChI=1S/C15H19NO2/c17-9-3-6-14-4-1-2-5-15(14)11-16-8-7-13(10-16)12-18/h1-2,4-5,13,17-18H,7-12H2. The minimum absolute atomic E-state index is 0.107. The molecule has 2 rings (SSSR count). The van der Waals surface area contributed by atoms with E-state index < -0.39 is 0 Å². The monoisotopic (exact) mass is 245 g/mol. The van der Waals surface area contributed by atoms with Crippen molar-refractivity contribution in [2.24, 2.45) is 5.92 Å². The second-order valence-corrected chi connectivity index (χ2v) is 4.69. The molecule has 0 radical (unpaired) electrons. The van der Waals surface area contributed by atoms with Crippen molar-refractivity contribution in [2.45, 2.75) is 13.0 Å². The van der Waals surface area contributed by atoms with Gasteiger partial charge in [-0.3, -0.25) is 4.90 Å². The van der Waals surface area contributed by atoms with E-state index in [0.29, 0.717) is 5.92 Å². The Hall–Kier alpha value is -1.34. The minimum Gasteiger partial charge on any atom is -0.396 e. The molecule has 0 bridgehead atoms. The highest BCUT2D eigenvalue weighted by atomic mass is 16.3. The van der Waals surface area contributed by atoms with Gasteiger partial charge in [0.05, 0.1) is 0 Å². The molecule has 0 aromatic heterocycles. The van der Waals surface area contributed by atoms with Crippen molar-refractivity contribution in [2.75, 3.05) is 26.3 Å². The van der Waals surface area contributed by atoms with Crippen molar-refractivity contribution < 1.29 is 10.2 Å². The van der Waals surface area contributed by atoms with Crippen LogP contribution in [0.4, 0.5) is 0 Å². The smallest absolute Gasteiger partial charge is 0.104 e. The Balaban J connectivity index is 2.05. The van der Waals surface area contributed by atoms with E-state index in [4.69, 9.17) is 10.2 Å². The number of rotatable bonds is 3. The normalized spacial score (nSPS) is 19.6. The molecular weight excluding hydrogens is 226 g/mol. The Morgan fingerprint density at radius 1 is 1.28 bits per heavy atom. The van der Waals surface area contributed by atoms with E-state index in [2.05, 4.69) is 22.8 Å². The molecule has 3 heteroatoms. The van der Waals surface area contributed by atoms with Crippen LogP contribution in [0.2, 0.25) is 0 Å². The molecule has 2 N–H and O–H groups in total. The molecule has 18 heavy (non-hydrogen) atoms. The first-order valence-corrected chi connectivity index (χ1v) is 6.34. The summed E-state index contributed by atoms with van der Waals surface area (Å²) in [6, 6.07) is 8.04. The maximum Gasteiger partial charge on any atom is 0.104 e. The van der Waals surface area contributed by atoms with Gasteiger partial charge >= 0.3 is 0 Å². The van der Waals surface area contributed by atoms with Gasteiger partial charge in [0.2, 0.25) is 0 Å². The lowest BCUT2D eigenvalue weighted by Gasteiger charge is -2.16. The number of aliphatic hydroxyl groups is 2. The molecular formula is C15H19NO2. The first-order valence-electron chi connectivity index (χ1n) is 6.34. The zero-order valence-corrected chi connectivity index (χ0v) is 10.5. The SMILES string of the molecule is OCC#Cc1ccccc1CN1CCC(CO)C1. The third-order valence-corrected chi connectivity index (χ3v) is 3.34. The van der Waals surface area contributed by atoms with Crippen molar-refractivity contribution >= 4 is 0 Å². The second-order valence-electron chi connectivity index (χ2n) is 4.69. The lowest BCUT2D eigenvalue weighted by molar-refractivity contribution is 0.220. The summed E-state index contributed by atoms with van der Waals surface area (Å²) in [5.41, 5.74) is 2.18. The Morgan fingerprint density at radius 3 is 2.83 bits per heavy atom. The van der Waals surface area contributed by atoms with Crippen LogP contribution in [-0.2, 0) is 6.54 Å². The molecule has 1 aliphatic rings. The van der Waals surface area contributed by atoms with Crippen LogP contribution >= 0.6 is 0 Å². The number of hydrogen-bond acceptors (Lipinski definition) is 3. The van der Waals surface area contributed by atoms with Gasteiger partial charge in [-0.2, -0.15) is 0 Å². The number of hydrogen-bond donors (Lipinski definition) is 2. The average molecular weight is 245 g/mol. The van der Waals surface area contributed by atoms with Crippen molar-refractivity contribution in [3.8, 4) is 11.8 Å². The molecule has 1 aromatic rings. The van der Waals surface area contributed by atoms with Gasteiger partial charge in [-0.15, -0.1) is 0 Å². The van der Waals surface area contributed by atoms with E-state index in [9.17, 15) is 0 Å². The average Bonchev–Trinajstić information content (AvgIpc) is 2.85. The summed E-state index contributed by atoms with van der Waals surface area (Å²) in [4.78, 5) is 2.35. The van der Waals surface area contributed by atoms with Gasteiger partial charge in [0, 0.05) is 25.3 Å². The van der Waals surface area contributed by atoms with Crippen LogP contribution in [0.5, 0.6) is 0 Å². The molecule has 1 aliphatic heterocycles. The molecule has 1 fully saturated rings. The highest BCUT2D eigenvalue weighted by Crippen LogP contribution is 2.19. The lowest BCUT2D eigenvalue weighted by atomic mass is 10.1. The molecule has 1 unspecified atom stereocenters.